The molecule has 0 aromatic heterocycles. The van der Waals surface area contributed by atoms with Crippen LogP contribution in [-0.4, -0.2) is 0 Å². The molecule has 0 atom stereocenters. The Morgan fingerprint density at radius 2 is 0.938 bits per heavy atom. The van der Waals surface area contributed by atoms with E-state index in [0.29, 0.717) is 0 Å². The first-order valence-corrected chi connectivity index (χ1v) is 11.4. The van der Waals surface area contributed by atoms with Gasteiger partial charge in [-0.05, 0) is 114 Å². The first-order chi connectivity index (χ1) is 15.8. The van der Waals surface area contributed by atoms with Gasteiger partial charge < -0.3 is 0 Å². The third kappa shape index (κ3) is 2.12. The van der Waals surface area contributed by atoms with E-state index in [1.807, 2.05) is 0 Å². The molecule has 32 heavy (non-hydrogen) atoms. The lowest BCUT2D eigenvalue weighted by Gasteiger charge is -2.11. The number of rotatable bonds is 0. The van der Waals surface area contributed by atoms with E-state index in [2.05, 4.69) is 97.1 Å². The molecule has 0 bridgehead atoms. The van der Waals surface area contributed by atoms with Crippen LogP contribution in [0.15, 0.2) is 97.1 Å². The maximum Gasteiger partial charge on any atom is -0.00130 e. The van der Waals surface area contributed by atoms with E-state index in [1.54, 1.807) is 0 Å². The van der Waals surface area contributed by atoms with Crippen molar-refractivity contribution in [2.75, 3.05) is 0 Å². The molecule has 0 N–H and O–H groups in total. The molecule has 0 amide bonds. The molecular formula is C32H20. The Labute approximate surface area is 186 Å². The molecule has 0 saturated carbocycles. The van der Waals surface area contributed by atoms with E-state index in [9.17, 15) is 0 Å². The van der Waals surface area contributed by atoms with Gasteiger partial charge in [-0.3, -0.25) is 0 Å². The maximum absolute atomic E-state index is 2.50. The van der Waals surface area contributed by atoms with E-state index in [-0.39, 0.29) is 0 Å². The smallest absolute Gasteiger partial charge is 0.00130 e. The van der Waals surface area contributed by atoms with Crippen LogP contribution >= 0.6 is 0 Å². The molecule has 2 aliphatic carbocycles. The second-order valence-electron chi connectivity index (χ2n) is 9.36. The van der Waals surface area contributed by atoms with E-state index in [0.717, 1.165) is 12.8 Å². The van der Waals surface area contributed by atoms with Crippen LogP contribution in [0.25, 0.3) is 54.6 Å². The molecule has 8 rings (SSSR count). The van der Waals surface area contributed by atoms with Crippen LogP contribution in [0.2, 0.25) is 0 Å². The lowest BCUT2D eigenvalue weighted by Crippen LogP contribution is -1.87. The quantitative estimate of drug-likeness (QED) is 0.223. The molecule has 0 heterocycles. The molecule has 0 radical (unpaired) electrons. The third-order valence-electron chi connectivity index (χ3n) is 7.62. The molecule has 0 heteroatoms. The standard InChI is InChI=1S/C32H20/c1-2-7-21-16-28-22(13-20(21)6-1)10-12-24-15-26-17-29-25(18-30(26)32(24)28)14-23-11-9-19-5-3-4-8-27(19)31(23)29/h1-13,16-18H,14-15H2. The van der Waals surface area contributed by atoms with Gasteiger partial charge in [-0.2, -0.15) is 0 Å². The average Bonchev–Trinajstić information content (AvgIpc) is 3.38. The normalized spacial score (nSPS) is 13.4. The summed E-state index contributed by atoms with van der Waals surface area (Å²) < 4.78 is 0. The van der Waals surface area contributed by atoms with Gasteiger partial charge in [0.15, 0.2) is 0 Å². The highest BCUT2D eigenvalue weighted by molar-refractivity contribution is 6.08. The summed E-state index contributed by atoms with van der Waals surface area (Å²) in [6.07, 6.45) is 2.06. The average molecular weight is 405 g/mol. The van der Waals surface area contributed by atoms with Gasteiger partial charge in [-0.1, -0.05) is 72.8 Å². The molecule has 0 unspecified atom stereocenters. The SMILES string of the molecule is c1ccc2cc3c4c(ccc3cc2c1)Cc1cc2c(cc1-4)Cc1ccc3ccccc3c1-2. The van der Waals surface area contributed by atoms with Crippen LogP contribution in [0.5, 0.6) is 0 Å². The van der Waals surface area contributed by atoms with Crippen LogP contribution in [0.3, 0.4) is 0 Å². The molecule has 0 nitrogen and oxygen atoms in total. The molecule has 2 aliphatic rings. The van der Waals surface area contributed by atoms with Crippen molar-refractivity contribution in [3.05, 3.63) is 119 Å². The largest absolute Gasteiger partial charge is 0.0616 e. The van der Waals surface area contributed by atoms with Crippen molar-refractivity contribution in [1.29, 1.82) is 0 Å². The number of benzene rings is 6. The molecule has 0 fully saturated rings. The van der Waals surface area contributed by atoms with Gasteiger partial charge in [0, 0.05) is 0 Å². The Bertz CT molecular complexity index is 1770. The minimum atomic E-state index is 1.03. The summed E-state index contributed by atoms with van der Waals surface area (Å²) in [6.45, 7) is 0. The van der Waals surface area contributed by atoms with E-state index in [4.69, 9.17) is 0 Å². The second-order valence-corrected chi connectivity index (χ2v) is 9.36. The molecule has 6 aromatic rings. The van der Waals surface area contributed by atoms with Gasteiger partial charge in [0.25, 0.3) is 0 Å². The lowest BCUT2D eigenvalue weighted by atomic mass is 9.93. The van der Waals surface area contributed by atoms with Gasteiger partial charge in [0.2, 0.25) is 0 Å². The van der Waals surface area contributed by atoms with Crippen molar-refractivity contribution in [1.82, 2.24) is 0 Å². The maximum atomic E-state index is 2.50. The Morgan fingerprint density at radius 3 is 1.66 bits per heavy atom. The molecule has 0 aliphatic heterocycles. The highest BCUT2D eigenvalue weighted by atomic mass is 14.3. The highest BCUT2D eigenvalue weighted by Gasteiger charge is 2.27. The summed E-state index contributed by atoms with van der Waals surface area (Å²) in [5, 5.41) is 8.08. The van der Waals surface area contributed by atoms with Crippen molar-refractivity contribution in [2.45, 2.75) is 12.8 Å². The zero-order chi connectivity index (χ0) is 20.8. The highest BCUT2D eigenvalue weighted by Crippen LogP contribution is 2.48. The van der Waals surface area contributed by atoms with E-state index in [1.165, 1.54) is 76.8 Å². The Morgan fingerprint density at radius 1 is 0.375 bits per heavy atom. The predicted octanol–water partition coefficient (Wildman–Crippen LogP) is 8.29. The van der Waals surface area contributed by atoms with Gasteiger partial charge in [-0.25, -0.2) is 0 Å². The lowest BCUT2D eigenvalue weighted by molar-refractivity contribution is 1.24. The van der Waals surface area contributed by atoms with Gasteiger partial charge in [0.1, 0.15) is 0 Å². The fourth-order valence-corrected chi connectivity index (χ4v) is 6.16. The van der Waals surface area contributed by atoms with E-state index < -0.39 is 0 Å². The van der Waals surface area contributed by atoms with Crippen molar-refractivity contribution in [2.24, 2.45) is 0 Å². The third-order valence-corrected chi connectivity index (χ3v) is 7.62. The van der Waals surface area contributed by atoms with E-state index >= 15 is 0 Å². The molecule has 148 valence electrons. The van der Waals surface area contributed by atoms with Crippen molar-refractivity contribution in [3.63, 3.8) is 0 Å². The topological polar surface area (TPSA) is 0 Å². The van der Waals surface area contributed by atoms with Crippen molar-refractivity contribution in [3.8, 4) is 22.3 Å². The minimum absolute atomic E-state index is 1.03. The fourth-order valence-electron chi connectivity index (χ4n) is 6.16. The Kier molecular flexibility index (Phi) is 3.07. The first kappa shape index (κ1) is 16.8. The monoisotopic (exact) mass is 404 g/mol. The van der Waals surface area contributed by atoms with Gasteiger partial charge in [-0.15, -0.1) is 0 Å². The van der Waals surface area contributed by atoms with Crippen LogP contribution in [0.4, 0.5) is 0 Å². The Balaban J connectivity index is 1.40. The zero-order valence-corrected chi connectivity index (χ0v) is 17.7. The molecule has 0 spiro atoms. The number of hydrogen-bond acceptors (Lipinski definition) is 0. The summed E-state index contributed by atoms with van der Waals surface area (Å²) >= 11 is 0. The Hall–Kier alpha value is -3.90. The fraction of sp³-hybridized carbons (Fsp3) is 0.0625. The molecule has 6 aromatic carbocycles. The zero-order valence-electron chi connectivity index (χ0n) is 17.7. The number of fused-ring (bicyclic) bond motifs is 11. The summed E-state index contributed by atoms with van der Waals surface area (Å²) in [4.78, 5) is 0. The first-order valence-electron chi connectivity index (χ1n) is 11.4. The second kappa shape index (κ2) is 5.87. The number of hydrogen-bond donors (Lipinski definition) is 0. The summed E-state index contributed by atoms with van der Waals surface area (Å²) in [5.74, 6) is 0. The van der Waals surface area contributed by atoms with Crippen molar-refractivity contribution < 1.29 is 0 Å². The summed E-state index contributed by atoms with van der Waals surface area (Å²) in [7, 11) is 0. The minimum Gasteiger partial charge on any atom is -0.0616 e. The predicted molar refractivity (Wildman–Crippen MR) is 135 cm³/mol. The summed E-state index contributed by atoms with van der Waals surface area (Å²) in [6, 6.07) is 36.5. The van der Waals surface area contributed by atoms with Crippen LogP contribution in [-0.2, 0) is 12.8 Å². The van der Waals surface area contributed by atoms with Gasteiger partial charge in [0.05, 0.1) is 0 Å². The summed E-state index contributed by atoms with van der Waals surface area (Å²) in [5.41, 5.74) is 11.7. The van der Waals surface area contributed by atoms with Crippen LogP contribution in [0.1, 0.15) is 22.3 Å². The molecule has 0 saturated heterocycles. The molecular weight excluding hydrogens is 384 g/mol. The van der Waals surface area contributed by atoms with Crippen LogP contribution in [0, 0.1) is 0 Å². The van der Waals surface area contributed by atoms with Crippen molar-refractivity contribution >= 4 is 32.3 Å². The van der Waals surface area contributed by atoms with Gasteiger partial charge >= 0.3 is 0 Å². The van der Waals surface area contributed by atoms with Crippen LogP contribution < -0.4 is 0 Å².